The van der Waals surface area contributed by atoms with Crippen LogP contribution in [0.15, 0.2) is 11.6 Å². The van der Waals surface area contributed by atoms with Crippen molar-refractivity contribution in [1.82, 2.24) is 4.90 Å². The Labute approximate surface area is 316 Å². The van der Waals surface area contributed by atoms with Gasteiger partial charge in [-0.25, -0.2) is 4.79 Å². The highest BCUT2D eigenvalue weighted by atomic mass is 16.6. The first-order valence-electron chi connectivity index (χ1n) is 21.1. The predicted octanol–water partition coefficient (Wildman–Crippen LogP) is 5.50. The fourth-order valence-corrected chi connectivity index (χ4v) is 14.5. The lowest BCUT2D eigenvalue weighted by Gasteiger charge is -2.74. The van der Waals surface area contributed by atoms with E-state index in [9.17, 15) is 30.0 Å². The van der Waals surface area contributed by atoms with Crippen molar-refractivity contribution in [3.8, 4) is 0 Å². The summed E-state index contributed by atoms with van der Waals surface area (Å²) in [7, 11) is 0. The molecule has 6 unspecified atom stereocenters. The Morgan fingerprint density at radius 2 is 1.57 bits per heavy atom. The van der Waals surface area contributed by atoms with E-state index in [4.69, 9.17) is 14.2 Å². The lowest BCUT2D eigenvalue weighted by atomic mass is 9.33. The Kier molecular flexibility index (Phi) is 9.39. The number of hydrogen-bond donors (Lipinski definition) is 4. The van der Waals surface area contributed by atoms with Crippen molar-refractivity contribution in [2.75, 3.05) is 26.2 Å². The molecule has 0 spiro atoms. The van der Waals surface area contributed by atoms with Gasteiger partial charge in [0.15, 0.2) is 6.10 Å². The fourth-order valence-electron chi connectivity index (χ4n) is 14.5. The standard InChI is InChI=1S/C43H67NO9/c1-38(2)16-18-43(37(50)51-23-22-44-20-8-7-9-21-44)19-17-40(4)25(27(43)24-38)10-11-28-39(3)14-12-26-33(53-42(26,6)29(39)13-15-41(28,40)5)34-31(46)30(45)32(47)35(52-34)36(48)49/h10,26-35,45-47H,7-9,11-24H2,1-6H3,(H,48,49)/t26-,27?,28?,29?,30?,31?,32+,33-,34-,35?,39-,40-,41-,42-,43+/m1/s1. The zero-order valence-electron chi connectivity index (χ0n) is 33.1. The highest BCUT2D eigenvalue weighted by Gasteiger charge is 2.73. The van der Waals surface area contributed by atoms with E-state index >= 15 is 0 Å². The molecule has 4 N–H and O–H groups in total. The fraction of sp³-hybridized carbons (Fsp3) is 0.907. The number of fused-ring (bicyclic) bond motifs is 9. The molecule has 5 aliphatic carbocycles. The molecule has 4 saturated carbocycles. The number of rotatable bonds is 6. The zero-order valence-corrected chi connectivity index (χ0v) is 33.1. The van der Waals surface area contributed by atoms with E-state index in [0.29, 0.717) is 12.5 Å². The van der Waals surface area contributed by atoms with E-state index in [1.54, 1.807) is 0 Å². The average Bonchev–Trinajstić information content (AvgIpc) is 3.10. The summed E-state index contributed by atoms with van der Waals surface area (Å²) in [4.78, 5) is 28.7. The number of likely N-dealkylation sites (tertiary alicyclic amines) is 1. The van der Waals surface area contributed by atoms with Gasteiger partial charge in [0.25, 0.3) is 0 Å². The number of allylic oxidation sites excluding steroid dienone is 2. The molecular formula is C43H67NO9. The SMILES string of the molecule is CC1(C)CC[C@]2(C(=O)OCCN3CCCCC3)CC[C@]3(C)C(=CCC4[C@@]5(C)CC[C@@H]6[C@H]([C@@H]7OC(C(=O)O)[C@@H](O)C(O)C7O)O[C@@]6(C)C5CC[C@]43C)C2C1. The summed E-state index contributed by atoms with van der Waals surface area (Å²) >= 11 is 0. The third-order valence-corrected chi connectivity index (χ3v) is 17.8. The number of carboxylic acid groups (broad SMARTS) is 1. The van der Waals surface area contributed by atoms with Crippen molar-refractivity contribution in [3.63, 3.8) is 0 Å². The second-order valence-electron chi connectivity index (χ2n) is 20.7. The van der Waals surface area contributed by atoms with Gasteiger partial charge in [-0.15, -0.1) is 0 Å². The van der Waals surface area contributed by atoms with Crippen LogP contribution in [0.25, 0.3) is 0 Å². The predicted molar refractivity (Wildman–Crippen MR) is 198 cm³/mol. The minimum Gasteiger partial charge on any atom is -0.479 e. The third-order valence-electron chi connectivity index (χ3n) is 17.8. The van der Waals surface area contributed by atoms with Gasteiger partial charge in [0.1, 0.15) is 31.0 Å². The number of nitrogens with zero attached hydrogens (tertiary/aromatic N) is 1. The maximum absolute atomic E-state index is 14.4. The maximum atomic E-state index is 14.4. The summed E-state index contributed by atoms with van der Waals surface area (Å²) in [5.41, 5.74) is 0.835. The number of piperidine rings is 1. The molecule has 7 fully saturated rings. The largest absolute Gasteiger partial charge is 0.479 e. The second kappa shape index (κ2) is 13.0. The van der Waals surface area contributed by atoms with Crippen LogP contribution < -0.4 is 0 Å². The molecule has 298 valence electrons. The van der Waals surface area contributed by atoms with Gasteiger partial charge >= 0.3 is 11.9 Å². The molecule has 3 aliphatic heterocycles. The molecule has 0 radical (unpaired) electrons. The van der Waals surface area contributed by atoms with Crippen LogP contribution in [-0.2, 0) is 23.8 Å². The van der Waals surface area contributed by atoms with Gasteiger partial charge in [-0.2, -0.15) is 0 Å². The van der Waals surface area contributed by atoms with E-state index in [0.717, 1.165) is 83.8 Å². The first kappa shape index (κ1) is 38.3. The number of ether oxygens (including phenoxy) is 3. The van der Waals surface area contributed by atoms with Gasteiger partial charge in [0, 0.05) is 12.5 Å². The van der Waals surface area contributed by atoms with E-state index in [1.807, 2.05) is 0 Å². The van der Waals surface area contributed by atoms with Crippen LogP contribution in [0.2, 0.25) is 0 Å². The van der Waals surface area contributed by atoms with Crippen LogP contribution in [0.4, 0.5) is 0 Å². The zero-order chi connectivity index (χ0) is 37.9. The molecule has 0 bridgehead atoms. The monoisotopic (exact) mass is 741 g/mol. The molecule has 15 atom stereocenters. The van der Waals surface area contributed by atoms with Crippen molar-refractivity contribution >= 4 is 11.9 Å². The molecule has 8 rings (SSSR count). The molecule has 3 saturated heterocycles. The molecule has 10 heteroatoms. The smallest absolute Gasteiger partial charge is 0.335 e. The molecular weight excluding hydrogens is 674 g/mol. The number of aliphatic carboxylic acids is 1. The minimum absolute atomic E-state index is 0.00730. The van der Waals surface area contributed by atoms with Crippen LogP contribution in [0.5, 0.6) is 0 Å². The van der Waals surface area contributed by atoms with Gasteiger partial charge in [-0.3, -0.25) is 9.69 Å². The molecule has 0 aromatic heterocycles. The topological polar surface area (TPSA) is 146 Å². The molecule has 0 aromatic carbocycles. The summed E-state index contributed by atoms with van der Waals surface area (Å²) in [5.74, 6) is -0.351. The maximum Gasteiger partial charge on any atom is 0.335 e. The van der Waals surface area contributed by atoms with E-state index < -0.39 is 53.6 Å². The van der Waals surface area contributed by atoms with Gasteiger partial charge < -0.3 is 34.6 Å². The first-order valence-corrected chi connectivity index (χ1v) is 21.1. The first-order chi connectivity index (χ1) is 24.9. The molecule has 0 amide bonds. The molecule has 10 nitrogen and oxygen atoms in total. The number of esters is 1. The Bertz CT molecular complexity index is 1490. The Morgan fingerprint density at radius 3 is 2.28 bits per heavy atom. The quantitative estimate of drug-likeness (QED) is 0.204. The van der Waals surface area contributed by atoms with Crippen LogP contribution in [0, 0.1) is 50.7 Å². The minimum atomic E-state index is -1.71. The lowest BCUT2D eigenvalue weighted by Crippen LogP contribution is -2.76. The van der Waals surface area contributed by atoms with Crippen LogP contribution in [0.3, 0.4) is 0 Å². The van der Waals surface area contributed by atoms with Gasteiger partial charge in [-0.1, -0.05) is 52.7 Å². The van der Waals surface area contributed by atoms with Gasteiger partial charge in [-0.05, 0) is 136 Å². The lowest BCUT2D eigenvalue weighted by molar-refractivity contribution is -0.372. The summed E-state index contributed by atoms with van der Waals surface area (Å²) in [5, 5.41) is 41.5. The van der Waals surface area contributed by atoms with Crippen molar-refractivity contribution in [2.45, 2.75) is 167 Å². The summed E-state index contributed by atoms with van der Waals surface area (Å²) < 4.78 is 18.8. The number of carbonyl (C=O) groups excluding carboxylic acids is 1. The molecule has 0 aromatic rings. The number of aliphatic hydroxyl groups is 3. The van der Waals surface area contributed by atoms with Crippen LogP contribution >= 0.6 is 0 Å². The second-order valence-corrected chi connectivity index (χ2v) is 20.7. The number of aliphatic hydroxyl groups excluding tert-OH is 3. The van der Waals surface area contributed by atoms with E-state index in [2.05, 4.69) is 52.5 Å². The van der Waals surface area contributed by atoms with Gasteiger partial charge in [0.05, 0.1) is 17.1 Å². The normalized spacial score (nSPS) is 51.9. The summed E-state index contributed by atoms with van der Waals surface area (Å²) in [6.07, 6.45) is 8.20. The highest BCUT2D eigenvalue weighted by Crippen LogP contribution is 2.76. The Morgan fingerprint density at radius 1 is 0.849 bits per heavy atom. The Hall–Kier alpha value is -1.56. The highest BCUT2D eigenvalue weighted by molar-refractivity contribution is 5.79. The molecule has 8 aliphatic rings. The third kappa shape index (κ3) is 5.52. The van der Waals surface area contributed by atoms with Crippen LogP contribution in [0.1, 0.15) is 125 Å². The van der Waals surface area contributed by atoms with Gasteiger partial charge in [0.2, 0.25) is 0 Å². The van der Waals surface area contributed by atoms with Crippen molar-refractivity contribution < 1.29 is 44.2 Å². The Balaban J connectivity index is 1.04. The average molecular weight is 742 g/mol. The summed E-state index contributed by atoms with van der Waals surface area (Å²) in [6, 6.07) is 0. The molecule has 3 heterocycles. The summed E-state index contributed by atoms with van der Waals surface area (Å²) in [6.45, 7) is 18.1. The number of hydrogen-bond acceptors (Lipinski definition) is 9. The van der Waals surface area contributed by atoms with E-state index in [-0.39, 0.29) is 45.4 Å². The van der Waals surface area contributed by atoms with Crippen molar-refractivity contribution in [2.24, 2.45) is 50.7 Å². The van der Waals surface area contributed by atoms with Crippen molar-refractivity contribution in [3.05, 3.63) is 11.6 Å². The number of carbonyl (C=O) groups is 2. The van der Waals surface area contributed by atoms with Crippen LogP contribution in [-0.4, -0.2) is 106 Å². The number of carboxylic acids is 1. The van der Waals surface area contributed by atoms with E-state index in [1.165, 1.54) is 24.8 Å². The molecule has 53 heavy (non-hydrogen) atoms. The van der Waals surface area contributed by atoms with Crippen molar-refractivity contribution in [1.29, 1.82) is 0 Å².